The Bertz CT molecular complexity index is 504. The lowest BCUT2D eigenvalue weighted by Crippen LogP contribution is -2.07. The predicted octanol–water partition coefficient (Wildman–Crippen LogP) is 8.19. The minimum absolute atomic E-state index is 0.102. The van der Waals surface area contributed by atoms with E-state index in [1.54, 1.807) is 0 Å². The van der Waals surface area contributed by atoms with E-state index >= 15 is 0 Å². The van der Waals surface area contributed by atoms with Crippen molar-refractivity contribution in [2.24, 2.45) is 0 Å². The molecule has 28 heavy (non-hydrogen) atoms. The van der Waals surface area contributed by atoms with Gasteiger partial charge in [0.25, 0.3) is 0 Å². The van der Waals surface area contributed by atoms with Crippen LogP contribution >= 0.6 is 0 Å². The number of allylic oxidation sites excluding steroid dienone is 1. The molecule has 158 valence electrons. The van der Waals surface area contributed by atoms with Gasteiger partial charge in [-0.3, -0.25) is 4.79 Å². The number of hydrogen-bond acceptors (Lipinski definition) is 2. The van der Waals surface area contributed by atoms with Gasteiger partial charge in [0.2, 0.25) is 0 Å². The summed E-state index contributed by atoms with van der Waals surface area (Å²) >= 11 is 0. The zero-order chi connectivity index (χ0) is 20.3. The van der Waals surface area contributed by atoms with Crippen LogP contribution in [-0.2, 0) is 11.2 Å². The lowest BCUT2D eigenvalue weighted by molar-refractivity contribution is -0.134. The normalized spacial score (nSPS) is 10.8. The van der Waals surface area contributed by atoms with E-state index in [0.717, 1.165) is 25.7 Å². The third kappa shape index (κ3) is 13.6. The Morgan fingerprint density at radius 2 is 1.39 bits per heavy atom. The van der Waals surface area contributed by atoms with Gasteiger partial charge in [0, 0.05) is 6.42 Å². The molecule has 0 aliphatic rings. The van der Waals surface area contributed by atoms with Crippen molar-refractivity contribution in [1.82, 2.24) is 0 Å². The quantitative estimate of drug-likeness (QED) is 0.110. The van der Waals surface area contributed by atoms with Crippen molar-refractivity contribution in [2.75, 3.05) is 0 Å². The minimum Gasteiger partial charge on any atom is -0.427 e. The van der Waals surface area contributed by atoms with Gasteiger partial charge in [-0.2, -0.15) is 0 Å². The Hall–Kier alpha value is -1.57. The fourth-order valence-electron chi connectivity index (χ4n) is 3.46. The molecule has 2 heteroatoms. The maximum atomic E-state index is 12.0. The number of rotatable bonds is 18. The molecule has 0 saturated carbocycles. The molecular formula is C26H42O2. The van der Waals surface area contributed by atoms with Gasteiger partial charge in [-0.15, -0.1) is 6.58 Å². The van der Waals surface area contributed by atoms with E-state index in [9.17, 15) is 4.79 Å². The van der Waals surface area contributed by atoms with Crippen LogP contribution in [0.4, 0.5) is 0 Å². The number of ether oxygens (including phenoxy) is 1. The molecular weight excluding hydrogens is 344 g/mol. The lowest BCUT2D eigenvalue weighted by atomic mass is 10.0. The number of hydrogen-bond donors (Lipinski definition) is 0. The van der Waals surface area contributed by atoms with Gasteiger partial charge < -0.3 is 4.74 Å². The first-order valence-electron chi connectivity index (χ1n) is 11.7. The molecule has 0 amide bonds. The fraction of sp³-hybridized carbons (Fsp3) is 0.654. The van der Waals surface area contributed by atoms with Crippen molar-refractivity contribution in [3.8, 4) is 5.75 Å². The largest absolute Gasteiger partial charge is 0.427 e. The molecule has 1 rings (SSSR count). The summed E-state index contributed by atoms with van der Waals surface area (Å²) in [5, 5.41) is 0. The van der Waals surface area contributed by atoms with Crippen molar-refractivity contribution in [1.29, 1.82) is 0 Å². The van der Waals surface area contributed by atoms with E-state index in [-0.39, 0.29) is 5.97 Å². The molecule has 0 unspecified atom stereocenters. The first kappa shape index (κ1) is 24.5. The zero-order valence-corrected chi connectivity index (χ0v) is 18.2. The van der Waals surface area contributed by atoms with Crippen molar-refractivity contribution in [2.45, 2.75) is 110 Å². The van der Waals surface area contributed by atoms with E-state index < -0.39 is 0 Å². The predicted molar refractivity (Wildman–Crippen MR) is 121 cm³/mol. The third-order valence-electron chi connectivity index (χ3n) is 5.26. The van der Waals surface area contributed by atoms with Gasteiger partial charge in [0.05, 0.1) is 0 Å². The fourth-order valence-corrected chi connectivity index (χ4v) is 3.46. The molecule has 0 fully saturated rings. The summed E-state index contributed by atoms with van der Waals surface area (Å²) in [5.41, 5.74) is 1.34. The van der Waals surface area contributed by atoms with Crippen molar-refractivity contribution >= 4 is 5.97 Å². The van der Waals surface area contributed by atoms with E-state index in [1.165, 1.54) is 76.2 Å². The topological polar surface area (TPSA) is 26.3 Å². The van der Waals surface area contributed by atoms with Crippen LogP contribution in [0.15, 0.2) is 36.9 Å². The first-order valence-corrected chi connectivity index (χ1v) is 11.7. The summed E-state index contributed by atoms with van der Waals surface area (Å²) in [4.78, 5) is 12.0. The Morgan fingerprint density at radius 3 is 2.04 bits per heavy atom. The second kappa shape index (κ2) is 17.5. The molecule has 2 nitrogen and oxygen atoms in total. The minimum atomic E-state index is -0.102. The van der Waals surface area contributed by atoms with Crippen LogP contribution in [0, 0.1) is 0 Å². The summed E-state index contributed by atoms with van der Waals surface area (Å²) in [6.45, 7) is 6.00. The molecule has 0 atom stereocenters. The molecule has 0 aliphatic carbocycles. The summed E-state index contributed by atoms with van der Waals surface area (Å²) in [7, 11) is 0. The van der Waals surface area contributed by atoms with Crippen molar-refractivity contribution < 1.29 is 9.53 Å². The highest BCUT2D eigenvalue weighted by atomic mass is 16.5. The van der Waals surface area contributed by atoms with Gasteiger partial charge in [-0.25, -0.2) is 0 Å². The maximum absolute atomic E-state index is 12.0. The first-order chi connectivity index (χ1) is 13.8. The van der Waals surface area contributed by atoms with Crippen LogP contribution in [0.3, 0.4) is 0 Å². The summed E-state index contributed by atoms with van der Waals surface area (Å²) in [6, 6.07) is 8.07. The lowest BCUT2D eigenvalue weighted by Gasteiger charge is -2.06. The third-order valence-corrected chi connectivity index (χ3v) is 5.26. The number of carbonyl (C=O) groups excluding carboxylic acids is 1. The molecule has 0 aromatic heterocycles. The van der Waals surface area contributed by atoms with Crippen molar-refractivity contribution in [3.05, 3.63) is 42.5 Å². The summed E-state index contributed by atoms with van der Waals surface area (Å²) in [5.74, 6) is 0.577. The van der Waals surface area contributed by atoms with E-state index in [2.05, 4.69) is 25.6 Å². The molecule has 0 bridgehead atoms. The average molecular weight is 387 g/mol. The van der Waals surface area contributed by atoms with Gasteiger partial charge in [-0.05, 0) is 49.8 Å². The van der Waals surface area contributed by atoms with Gasteiger partial charge in [-0.1, -0.05) is 89.3 Å². The van der Waals surface area contributed by atoms with Crippen LogP contribution in [0.1, 0.15) is 109 Å². The SMILES string of the molecule is C=CCCCCCCCCCC(=O)Oc1ccc(CCCCCCCC)cc1. The van der Waals surface area contributed by atoms with Crippen LogP contribution < -0.4 is 4.74 Å². The van der Waals surface area contributed by atoms with E-state index in [4.69, 9.17) is 4.74 Å². The number of aryl methyl sites for hydroxylation is 1. The molecule has 1 aromatic carbocycles. The Balaban J connectivity index is 2.05. The molecule has 0 heterocycles. The second-order valence-corrected chi connectivity index (χ2v) is 7.94. The Morgan fingerprint density at radius 1 is 0.821 bits per heavy atom. The van der Waals surface area contributed by atoms with Gasteiger partial charge in [0.15, 0.2) is 0 Å². The van der Waals surface area contributed by atoms with E-state index in [0.29, 0.717) is 12.2 Å². The Labute approximate surface area is 173 Å². The molecule has 0 N–H and O–H groups in total. The zero-order valence-electron chi connectivity index (χ0n) is 18.2. The van der Waals surface area contributed by atoms with Gasteiger partial charge in [0.1, 0.15) is 5.75 Å². The number of unbranched alkanes of at least 4 members (excludes halogenated alkanes) is 12. The molecule has 0 saturated heterocycles. The smallest absolute Gasteiger partial charge is 0.311 e. The van der Waals surface area contributed by atoms with Crippen molar-refractivity contribution in [3.63, 3.8) is 0 Å². The van der Waals surface area contributed by atoms with Gasteiger partial charge >= 0.3 is 5.97 Å². The number of esters is 1. The average Bonchev–Trinajstić information content (AvgIpc) is 2.70. The maximum Gasteiger partial charge on any atom is 0.311 e. The van der Waals surface area contributed by atoms with Crippen LogP contribution in [0.25, 0.3) is 0 Å². The monoisotopic (exact) mass is 386 g/mol. The summed E-state index contributed by atoms with van der Waals surface area (Å²) in [6.07, 6.45) is 21.1. The number of benzene rings is 1. The highest BCUT2D eigenvalue weighted by molar-refractivity contribution is 5.72. The molecule has 0 aliphatic heterocycles. The molecule has 1 aromatic rings. The second-order valence-electron chi connectivity index (χ2n) is 7.94. The van der Waals surface area contributed by atoms with Crippen LogP contribution in [0.5, 0.6) is 5.75 Å². The highest BCUT2D eigenvalue weighted by Crippen LogP contribution is 2.16. The summed E-state index contributed by atoms with van der Waals surface area (Å²) < 4.78 is 5.46. The van der Waals surface area contributed by atoms with E-state index in [1.807, 2.05) is 18.2 Å². The molecule has 0 radical (unpaired) electrons. The number of carbonyl (C=O) groups is 1. The van der Waals surface area contributed by atoms with Crippen LogP contribution in [-0.4, -0.2) is 5.97 Å². The van der Waals surface area contributed by atoms with Crippen LogP contribution in [0.2, 0.25) is 0 Å². The Kier molecular flexibility index (Phi) is 15.3. The highest BCUT2D eigenvalue weighted by Gasteiger charge is 2.05. The molecule has 0 spiro atoms. The standard InChI is InChI=1S/C26H42O2/c1-3-5-7-9-11-12-13-15-17-19-26(27)28-25-22-20-24(21-23-25)18-16-14-10-8-6-4-2/h3,20-23H,1,4-19H2,2H3.